The molecule has 2 aromatic heterocycles. The van der Waals surface area contributed by atoms with E-state index >= 15 is 0 Å². The van der Waals surface area contributed by atoms with Crippen LogP contribution in [-0.4, -0.2) is 31.8 Å². The van der Waals surface area contributed by atoms with Crippen molar-refractivity contribution in [2.45, 2.75) is 58.9 Å². The number of benzene rings is 2. The number of rotatable bonds is 4. The van der Waals surface area contributed by atoms with Gasteiger partial charge in [0.15, 0.2) is 0 Å². The number of imidazole rings is 2. The molecular weight excluding hydrogens is 398 g/mol. The Balaban J connectivity index is 1.88. The Hall–Kier alpha value is -2.86. The lowest BCUT2D eigenvalue weighted by molar-refractivity contribution is 0.547. The van der Waals surface area contributed by atoms with Crippen molar-refractivity contribution in [3.8, 4) is 5.69 Å². The molecule has 6 heteroatoms. The maximum atomic E-state index is 13.5. The van der Waals surface area contributed by atoms with Crippen molar-refractivity contribution < 1.29 is 0 Å². The molecule has 0 radical (unpaired) electrons. The summed E-state index contributed by atoms with van der Waals surface area (Å²) in [6, 6.07) is 11.2. The van der Waals surface area contributed by atoms with E-state index in [1.165, 1.54) is 11.1 Å². The average Bonchev–Trinajstić information content (AvgIpc) is 3.44. The van der Waals surface area contributed by atoms with Crippen molar-refractivity contribution in [1.29, 1.82) is 0 Å². The van der Waals surface area contributed by atoms with Crippen LogP contribution in [0.4, 0.5) is 0 Å². The predicted octanol–water partition coefficient (Wildman–Crippen LogP) is 4.77. The third-order valence-corrected chi connectivity index (χ3v) is 7.03. The fraction of sp³-hybridized carbons (Fsp3) is 0.462. The Bertz CT molecular complexity index is 1380. The quantitative estimate of drug-likeness (QED) is 0.506. The van der Waals surface area contributed by atoms with Gasteiger partial charge in [-0.15, -0.1) is 0 Å². The summed E-state index contributed by atoms with van der Waals surface area (Å²) < 4.78 is 6.00. The highest BCUT2D eigenvalue weighted by molar-refractivity contribution is 5.89. The zero-order valence-corrected chi connectivity index (χ0v) is 19.9. The molecule has 1 N–H and O–H groups in total. The Morgan fingerprint density at radius 2 is 1.72 bits per heavy atom. The lowest BCUT2D eigenvalue weighted by Gasteiger charge is -2.16. The van der Waals surface area contributed by atoms with Crippen molar-refractivity contribution in [1.82, 2.24) is 24.0 Å². The molecule has 0 bridgehead atoms. The van der Waals surface area contributed by atoms with Crippen LogP contribution in [0, 0.1) is 6.92 Å². The maximum absolute atomic E-state index is 13.5. The number of hydrogen-bond acceptors (Lipinski definition) is 3. The normalized spacial score (nSPS) is 16.9. The molecule has 1 aliphatic rings. The molecule has 0 amide bonds. The Morgan fingerprint density at radius 1 is 1.00 bits per heavy atom. The van der Waals surface area contributed by atoms with E-state index < -0.39 is 0 Å². The summed E-state index contributed by atoms with van der Waals surface area (Å²) in [6.07, 6.45) is 1.10. The van der Waals surface area contributed by atoms with Crippen molar-refractivity contribution in [2.75, 3.05) is 13.1 Å². The molecule has 5 rings (SSSR count). The number of nitrogens with one attached hydrogen (secondary N) is 1. The summed E-state index contributed by atoms with van der Waals surface area (Å²) in [7, 11) is 1.85. The third-order valence-electron chi connectivity index (χ3n) is 7.03. The molecule has 4 aromatic rings. The first-order valence-electron chi connectivity index (χ1n) is 11.7. The van der Waals surface area contributed by atoms with Gasteiger partial charge in [-0.3, -0.25) is 9.13 Å². The fourth-order valence-electron chi connectivity index (χ4n) is 5.09. The molecular formula is C26H33N5O. The van der Waals surface area contributed by atoms with E-state index in [9.17, 15) is 4.79 Å². The topological polar surface area (TPSA) is 56.8 Å². The van der Waals surface area contributed by atoms with Gasteiger partial charge in [0, 0.05) is 19.6 Å². The zero-order chi connectivity index (χ0) is 22.7. The molecule has 3 heterocycles. The second-order valence-corrected chi connectivity index (χ2v) is 9.82. The summed E-state index contributed by atoms with van der Waals surface area (Å²) in [5.41, 5.74) is 7.23. The van der Waals surface area contributed by atoms with Gasteiger partial charge in [-0.25, -0.2) is 9.78 Å². The lowest BCUT2D eigenvalue weighted by Crippen LogP contribution is -2.21. The first-order valence-corrected chi connectivity index (χ1v) is 11.7. The zero-order valence-electron chi connectivity index (χ0n) is 19.9. The molecule has 2 aromatic carbocycles. The smallest absolute Gasteiger partial charge is 0.324 e. The molecule has 0 unspecified atom stereocenters. The van der Waals surface area contributed by atoms with Gasteiger partial charge >= 0.3 is 5.69 Å². The SMILES string of the molecule is Cc1nc2c(-n3c(=O)n(C)c4ccc(C(C)C)cc43)cc(C(C)C)cc2n1[C@H]1CCNC1. The average molecular weight is 432 g/mol. The number of hydrogen-bond donors (Lipinski definition) is 1. The van der Waals surface area contributed by atoms with Crippen LogP contribution in [0.15, 0.2) is 35.1 Å². The third kappa shape index (κ3) is 3.12. The van der Waals surface area contributed by atoms with Crippen molar-refractivity contribution >= 4 is 22.1 Å². The van der Waals surface area contributed by atoms with Crippen LogP contribution in [0.25, 0.3) is 27.8 Å². The Labute approximate surface area is 188 Å². The van der Waals surface area contributed by atoms with Crippen LogP contribution in [0.5, 0.6) is 0 Å². The highest BCUT2D eigenvalue weighted by Crippen LogP contribution is 2.33. The summed E-state index contributed by atoms with van der Waals surface area (Å²) in [6.45, 7) is 12.9. The van der Waals surface area contributed by atoms with Crippen LogP contribution in [0.2, 0.25) is 0 Å². The van der Waals surface area contributed by atoms with E-state index in [1.807, 2.05) is 11.6 Å². The number of aromatic nitrogens is 4. The number of nitrogens with zero attached hydrogens (tertiary/aromatic N) is 4. The molecule has 1 atom stereocenters. The molecule has 0 spiro atoms. The summed E-state index contributed by atoms with van der Waals surface area (Å²) in [5, 5.41) is 3.48. The van der Waals surface area contributed by atoms with E-state index in [0.29, 0.717) is 17.9 Å². The van der Waals surface area contributed by atoms with Gasteiger partial charge in [0.1, 0.15) is 11.3 Å². The summed E-state index contributed by atoms with van der Waals surface area (Å²) in [4.78, 5) is 18.5. The van der Waals surface area contributed by atoms with Crippen molar-refractivity contribution in [3.05, 3.63) is 57.8 Å². The van der Waals surface area contributed by atoms with E-state index in [-0.39, 0.29) is 5.69 Å². The van der Waals surface area contributed by atoms with Crippen LogP contribution < -0.4 is 11.0 Å². The van der Waals surface area contributed by atoms with E-state index in [0.717, 1.165) is 53.1 Å². The molecule has 168 valence electrons. The standard InChI is InChI=1S/C26H33N5O/c1-15(2)18-7-8-21-22(11-18)31(26(32)29(21)6)24-13-19(16(3)4)12-23-25(24)28-17(5)30(23)20-9-10-27-14-20/h7-8,11-13,15-16,20,27H,9-10,14H2,1-6H3/t20-/m0/s1. The molecule has 6 nitrogen and oxygen atoms in total. The van der Waals surface area contributed by atoms with E-state index in [2.05, 4.69) is 74.8 Å². The molecule has 1 aliphatic heterocycles. The van der Waals surface area contributed by atoms with Crippen LogP contribution in [0.1, 0.15) is 68.9 Å². The van der Waals surface area contributed by atoms with Gasteiger partial charge in [0.05, 0.1) is 22.2 Å². The summed E-state index contributed by atoms with van der Waals surface area (Å²) >= 11 is 0. The molecule has 0 aliphatic carbocycles. The largest absolute Gasteiger partial charge is 0.333 e. The number of aryl methyl sites for hydroxylation is 2. The highest BCUT2D eigenvalue weighted by atomic mass is 16.1. The molecule has 0 saturated carbocycles. The lowest BCUT2D eigenvalue weighted by atomic mass is 10.0. The van der Waals surface area contributed by atoms with Gasteiger partial charge in [0.2, 0.25) is 0 Å². The van der Waals surface area contributed by atoms with Crippen LogP contribution in [-0.2, 0) is 7.05 Å². The highest BCUT2D eigenvalue weighted by Gasteiger charge is 2.25. The predicted molar refractivity (Wildman–Crippen MR) is 131 cm³/mol. The monoisotopic (exact) mass is 431 g/mol. The van der Waals surface area contributed by atoms with Gasteiger partial charge in [-0.1, -0.05) is 33.8 Å². The number of fused-ring (bicyclic) bond motifs is 2. The molecule has 1 fully saturated rings. The van der Waals surface area contributed by atoms with Gasteiger partial charge in [-0.05, 0) is 67.1 Å². The maximum Gasteiger partial charge on any atom is 0.333 e. The van der Waals surface area contributed by atoms with Gasteiger partial charge in [-0.2, -0.15) is 0 Å². The summed E-state index contributed by atoms with van der Waals surface area (Å²) in [5.74, 6) is 1.74. The van der Waals surface area contributed by atoms with E-state index in [1.54, 1.807) is 4.57 Å². The second kappa shape index (κ2) is 7.62. The molecule has 1 saturated heterocycles. The van der Waals surface area contributed by atoms with E-state index in [4.69, 9.17) is 4.98 Å². The Kier molecular flexibility index (Phi) is 5.01. The van der Waals surface area contributed by atoms with Crippen LogP contribution in [0.3, 0.4) is 0 Å². The Morgan fingerprint density at radius 3 is 2.38 bits per heavy atom. The van der Waals surface area contributed by atoms with Crippen LogP contribution >= 0.6 is 0 Å². The van der Waals surface area contributed by atoms with Crippen molar-refractivity contribution in [2.24, 2.45) is 7.05 Å². The second-order valence-electron chi connectivity index (χ2n) is 9.82. The van der Waals surface area contributed by atoms with Gasteiger partial charge in [0.25, 0.3) is 0 Å². The van der Waals surface area contributed by atoms with Crippen molar-refractivity contribution in [3.63, 3.8) is 0 Å². The van der Waals surface area contributed by atoms with Gasteiger partial charge < -0.3 is 9.88 Å². The first kappa shape index (κ1) is 21.0. The minimum Gasteiger partial charge on any atom is -0.324 e. The fourth-order valence-corrected chi connectivity index (χ4v) is 5.09. The molecule has 32 heavy (non-hydrogen) atoms. The minimum absolute atomic E-state index is 0.0298. The minimum atomic E-state index is -0.0298. The first-order chi connectivity index (χ1) is 15.3.